The SMILES string of the molecule is CCc1nn(Cc2cnn(C)c2)c(CC)c1CNC1CC1. The molecule has 5 nitrogen and oxygen atoms in total. The van der Waals surface area contributed by atoms with Gasteiger partial charge in [-0.2, -0.15) is 10.2 Å². The zero-order valence-corrected chi connectivity index (χ0v) is 13.3. The lowest BCUT2D eigenvalue weighted by Crippen LogP contribution is -2.17. The van der Waals surface area contributed by atoms with Crippen LogP contribution in [0, 0.1) is 0 Å². The van der Waals surface area contributed by atoms with Crippen molar-refractivity contribution in [1.82, 2.24) is 24.9 Å². The number of nitrogens with zero attached hydrogens (tertiary/aromatic N) is 4. The van der Waals surface area contributed by atoms with E-state index in [9.17, 15) is 0 Å². The van der Waals surface area contributed by atoms with Crippen molar-refractivity contribution in [2.75, 3.05) is 0 Å². The maximum Gasteiger partial charge on any atom is 0.0693 e. The summed E-state index contributed by atoms with van der Waals surface area (Å²) < 4.78 is 4.01. The van der Waals surface area contributed by atoms with Gasteiger partial charge >= 0.3 is 0 Å². The fourth-order valence-electron chi connectivity index (χ4n) is 2.86. The smallest absolute Gasteiger partial charge is 0.0693 e. The molecule has 0 spiro atoms. The predicted octanol–water partition coefficient (Wildman–Crippen LogP) is 2.04. The van der Waals surface area contributed by atoms with Crippen LogP contribution in [0.25, 0.3) is 0 Å². The first kappa shape index (κ1) is 14.3. The molecular formula is C16H25N5. The Balaban J connectivity index is 1.84. The van der Waals surface area contributed by atoms with Gasteiger partial charge in [0.15, 0.2) is 0 Å². The minimum atomic E-state index is 0.737. The van der Waals surface area contributed by atoms with Crippen LogP contribution < -0.4 is 5.32 Å². The van der Waals surface area contributed by atoms with E-state index in [1.54, 1.807) is 0 Å². The maximum atomic E-state index is 4.84. The molecule has 1 fully saturated rings. The van der Waals surface area contributed by atoms with Gasteiger partial charge in [-0.05, 0) is 25.7 Å². The van der Waals surface area contributed by atoms with E-state index in [1.165, 1.54) is 35.4 Å². The third kappa shape index (κ3) is 3.18. The molecule has 0 aromatic carbocycles. The monoisotopic (exact) mass is 287 g/mol. The van der Waals surface area contributed by atoms with Gasteiger partial charge in [-0.1, -0.05) is 13.8 Å². The Labute approximate surface area is 126 Å². The van der Waals surface area contributed by atoms with Gasteiger partial charge in [-0.25, -0.2) is 0 Å². The minimum absolute atomic E-state index is 0.737. The Morgan fingerprint density at radius 2 is 2.10 bits per heavy atom. The third-order valence-corrected chi connectivity index (χ3v) is 4.16. The first-order valence-electron chi connectivity index (χ1n) is 7.99. The van der Waals surface area contributed by atoms with Crippen molar-refractivity contribution in [3.05, 3.63) is 34.9 Å². The second-order valence-electron chi connectivity index (χ2n) is 5.91. The Morgan fingerprint density at radius 1 is 1.29 bits per heavy atom. The summed E-state index contributed by atoms with van der Waals surface area (Å²) in [6.45, 7) is 6.19. The summed E-state index contributed by atoms with van der Waals surface area (Å²) in [4.78, 5) is 0. The van der Waals surface area contributed by atoms with E-state index in [-0.39, 0.29) is 0 Å². The highest BCUT2D eigenvalue weighted by molar-refractivity contribution is 5.28. The van der Waals surface area contributed by atoms with Crippen molar-refractivity contribution < 1.29 is 0 Å². The van der Waals surface area contributed by atoms with Crippen LogP contribution in [-0.2, 0) is 33.0 Å². The van der Waals surface area contributed by atoms with Gasteiger partial charge in [-0.3, -0.25) is 9.36 Å². The van der Waals surface area contributed by atoms with Gasteiger partial charge in [0.05, 0.1) is 18.4 Å². The number of hydrogen-bond acceptors (Lipinski definition) is 3. The Hall–Kier alpha value is -1.62. The van der Waals surface area contributed by atoms with Gasteiger partial charge in [-0.15, -0.1) is 0 Å². The summed E-state index contributed by atoms with van der Waals surface area (Å²) in [7, 11) is 1.95. The van der Waals surface area contributed by atoms with Gasteiger partial charge < -0.3 is 5.32 Å². The second kappa shape index (κ2) is 6.02. The molecule has 2 heterocycles. The molecule has 114 valence electrons. The molecule has 1 aliphatic carbocycles. The quantitative estimate of drug-likeness (QED) is 0.848. The highest BCUT2D eigenvalue weighted by Gasteiger charge is 2.22. The lowest BCUT2D eigenvalue weighted by molar-refractivity contribution is 0.634. The molecule has 1 N–H and O–H groups in total. The number of aromatic nitrogens is 4. The molecule has 1 aliphatic rings. The van der Waals surface area contributed by atoms with Crippen LogP contribution in [0.5, 0.6) is 0 Å². The van der Waals surface area contributed by atoms with E-state index in [1.807, 2.05) is 17.9 Å². The van der Waals surface area contributed by atoms with Crippen LogP contribution in [0.15, 0.2) is 12.4 Å². The molecule has 0 unspecified atom stereocenters. The second-order valence-corrected chi connectivity index (χ2v) is 5.91. The molecule has 2 aromatic heterocycles. The van der Waals surface area contributed by atoms with E-state index >= 15 is 0 Å². The van der Waals surface area contributed by atoms with Crippen molar-refractivity contribution in [2.24, 2.45) is 7.05 Å². The number of rotatable bonds is 7. The summed E-state index contributed by atoms with van der Waals surface area (Å²) in [6, 6.07) is 0.737. The first-order chi connectivity index (χ1) is 10.2. The molecule has 0 radical (unpaired) electrons. The summed E-state index contributed by atoms with van der Waals surface area (Å²) in [5, 5.41) is 12.7. The molecular weight excluding hydrogens is 262 g/mol. The molecule has 3 rings (SSSR count). The van der Waals surface area contributed by atoms with Crippen LogP contribution in [-0.4, -0.2) is 25.6 Å². The lowest BCUT2D eigenvalue weighted by atomic mass is 10.1. The largest absolute Gasteiger partial charge is 0.310 e. The molecule has 21 heavy (non-hydrogen) atoms. The highest BCUT2D eigenvalue weighted by atomic mass is 15.3. The molecule has 2 aromatic rings. The highest BCUT2D eigenvalue weighted by Crippen LogP contribution is 2.22. The van der Waals surface area contributed by atoms with E-state index in [0.717, 1.165) is 32.0 Å². The van der Waals surface area contributed by atoms with Crippen molar-refractivity contribution in [3.63, 3.8) is 0 Å². The fraction of sp³-hybridized carbons (Fsp3) is 0.625. The Kier molecular flexibility index (Phi) is 4.10. The number of hydrogen-bond donors (Lipinski definition) is 1. The average molecular weight is 287 g/mol. The fourth-order valence-corrected chi connectivity index (χ4v) is 2.86. The Bertz CT molecular complexity index is 606. The molecule has 0 atom stereocenters. The molecule has 0 bridgehead atoms. The first-order valence-corrected chi connectivity index (χ1v) is 7.99. The van der Waals surface area contributed by atoms with Crippen molar-refractivity contribution in [1.29, 1.82) is 0 Å². The van der Waals surface area contributed by atoms with E-state index < -0.39 is 0 Å². The van der Waals surface area contributed by atoms with E-state index in [0.29, 0.717) is 0 Å². The average Bonchev–Trinajstić information content (AvgIpc) is 3.13. The summed E-state index contributed by atoms with van der Waals surface area (Å²) in [5.41, 5.74) is 5.22. The van der Waals surface area contributed by atoms with Gasteiger partial charge in [0.1, 0.15) is 0 Å². The van der Waals surface area contributed by atoms with Crippen LogP contribution in [0.4, 0.5) is 0 Å². The number of nitrogens with one attached hydrogen (secondary N) is 1. The molecule has 0 aliphatic heterocycles. The normalized spacial score (nSPS) is 14.8. The topological polar surface area (TPSA) is 47.7 Å². The molecule has 0 amide bonds. The molecule has 0 saturated heterocycles. The van der Waals surface area contributed by atoms with Crippen molar-refractivity contribution >= 4 is 0 Å². The number of aryl methyl sites for hydroxylation is 2. The van der Waals surface area contributed by atoms with E-state index in [2.05, 4.69) is 35.1 Å². The molecule has 1 saturated carbocycles. The van der Waals surface area contributed by atoms with Crippen molar-refractivity contribution in [3.8, 4) is 0 Å². The third-order valence-electron chi connectivity index (χ3n) is 4.16. The van der Waals surface area contributed by atoms with E-state index in [4.69, 9.17) is 5.10 Å². The molecule has 5 heteroatoms. The Morgan fingerprint density at radius 3 is 2.67 bits per heavy atom. The van der Waals surface area contributed by atoms with Gasteiger partial charge in [0, 0.05) is 42.7 Å². The zero-order chi connectivity index (χ0) is 14.8. The van der Waals surface area contributed by atoms with Crippen LogP contribution >= 0.6 is 0 Å². The van der Waals surface area contributed by atoms with Crippen LogP contribution in [0.3, 0.4) is 0 Å². The van der Waals surface area contributed by atoms with Crippen LogP contribution in [0.2, 0.25) is 0 Å². The standard InChI is InChI=1S/C16H25N5/c1-4-15-14(9-17-13-6-7-13)16(5-2)21(19-15)11-12-8-18-20(3)10-12/h8,10,13,17H,4-7,9,11H2,1-3H3. The summed E-state index contributed by atoms with van der Waals surface area (Å²) in [6.07, 6.45) is 8.66. The van der Waals surface area contributed by atoms with Crippen molar-refractivity contribution in [2.45, 2.75) is 58.7 Å². The minimum Gasteiger partial charge on any atom is -0.310 e. The summed E-state index contributed by atoms with van der Waals surface area (Å²) in [5.74, 6) is 0. The summed E-state index contributed by atoms with van der Waals surface area (Å²) >= 11 is 0. The predicted molar refractivity (Wildman–Crippen MR) is 83.2 cm³/mol. The lowest BCUT2D eigenvalue weighted by Gasteiger charge is -2.08. The van der Waals surface area contributed by atoms with Gasteiger partial charge in [0.25, 0.3) is 0 Å². The van der Waals surface area contributed by atoms with Gasteiger partial charge in [0.2, 0.25) is 0 Å². The zero-order valence-electron chi connectivity index (χ0n) is 13.3. The maximum absolute atomic E-state index is 4.84. The van der Waals surface area contributed by atoms with Crippen LogP contribution in [0.1, 0.15) is 49.2 Å².